The molecule has 2 aromatic carbocycles. The second-order valence-corrected chi connectivity index (χ2v) is 7.24. The van der Waals surface area contributed by atoms with Gasteiger partial charge in [0.25, 0.3) is 0 Å². The highest BCUT2D eigenvalue weighted by atomic mass is 35.5. The zero-order valence-electron chi connectivity index (χ0n) is 14.4. The zero-order chi connectivity index (χ0) is 18.8. The Morgan fingerprint density at radius 1 is 1.07 bits per heavy atom. The van der Waals surface area contributed by atoms with Crippen molar-refractivity contribution in [3.05, 3.63) is 70.4 Å². The molecule has 0 saturated heterocycles. The third-order valence-electron chi connectivity index (χ3n) is 5.40. The summed E-state index contributed by atoms with van der Waals surface area (Å²) in [5.74, 6) is 0.0708. The second-order valence-electron chi connectivity index (χ2n) is 6.83. The molecule has 0 bridgehead atoms. The molecule has 1 aromatic heterocycles. The fraction of sp³-hybridized carbons (Fsp3) is 0.150. The number of aromatic nitrogens is 2. The van der Waals surface area contributed by atoms with E-state index in [9.17, 15) is 9.59 Å². The molecule has 5 rings (SSSR count). The van der Waals surface area contributed by atoms with Crippen molar-refractivity contribution in [2.75, 3.05) is 10.6 Å². The van der Waals surface area contributed by atoms with Gasteiger partial charge in [0.1, 0.15) is 11.2 Å². The summed E-state index contributed by atoms with van der Waals surface area (Å²) in [5, 5.41) is 10.9. The molecule has 1 spiro atoms. The van der Waals surface area contributed by atoms with Gasteiger partial charge in [0.15, 0.2) is 0 Å². The van der Waals surface area contributed by atoms with Crippen LogP contribution >= 0.6 is 11.6 Å². The first-order valence-electron chi connectivity index (χ1n) is 8.57. The quantitative estimate of drug-likeness (QED) is 0.681. The molecule has 134 valence electrons. The lowest BCUT2D eigenvalue weighted by molar-refractivity contribution is -0.125. The predicted molar refractivity (Wildman–Crippen MR) is 102 cm³/mol. The van der Waals surface area contributed by atoms with Crippen molar-refractivity contribution in [1.82, 2.24) is 9.78 Å². The van der Waals surface area contributed by atoms with Gasteiger partial charge >= 0.3 is 0 Å². The lowest BCUT2D eigenvalue weighted by atomic mass is 9.72. The van der Waals surface area contributed by atoms with Crippen molar-refractivity contribution < 1.29 is 9.59 Å². The lowest BCUT2D eigenvalue weighted by Crippen LogP contribution is -2.43. The Balaban J connectivity index is 1.78. The first kappa shape index (κ1) is 16.1. The van der Waals surface area contributed by atoms with Crippen LogP contribution in [0.4, 0.5) is 11.5 Å². The molecule has 3 aromatic rings. The van der Waals surface area contributed by atoms with Crippen LogP contribution in [0.3, 0.4) is 0 Å². The Kier molecular flexibility index (Phi) is 3.24. The van der Waals surface area contributed by atoms with Crippen molar-refractivity contribution in [1.29, 1.82) is 0 Å². The topological polar surface area (TPSA) is 76.0 Å². The van der Waals surface area contributed by atoms with Gasteiger partial charge in [0.05, 0.1) is 11.9 Å². The van der Waals surface area contributed by atoms with E-state index in [0.717, 1.165) is 22.5 Å². The normalized spacial score (nSPS) is 20.2. The summed E-state index contributed by atoms with van der Waals surface area (Å²) < 4.78 is 1.64. The maximum Gasteiger partial charge on any atom is 0.240 e. The molecule has 0 fully saturated rings. The predicted octanol–water partition coefficient (Wildman–Crippen LogP) is 3.41. The Bertz CT molecular complexity index is 1140. The number of fused-ring (bicyclic) bond motifs is 4. The fourth-order valence-electron chi connectivity index (χ4n) is 4.06. The molecular weight excluding hydrogens is 364 g/mol. The number of nitrogens with zero attached hydrogens (tertiary/aromatic N) is 2. The van der Waals surface area contributed by atoms with E-state index in [4.69, 9.17) is 11.6 Å². The summed E-state index contributed by atoms with van der Waals surface area (Å²) in [6.45, 7) is 1.89. The number of benzene rings is 2. The number of carbonyl (C=O) groups is 2. The summed E-state index contributed by atoms with van der Waals surface area (Å²) in [7, 11) is 0. The fourth-order valence-corrected chi connectivity index (χ4v) is 4.23. The van der Waals surface area contributed by atoms with Crippen LogP contribution in [0, 0.1) is 6.92 Å². The number of halogens is 1. The zero-order valence-corrected chi connectivity index (χ0v) is 15.2. The molecule has 0 aliphatic carbocycles. The molecule has 0 unspecified atom stereocenters. The molecule has 1 atom stereocenters. The van der Waals surface area contributed by atoms with E-state index in [1.807, 2.05) is 43.3 Å². The minimum atomic E-state index is -1.07. The number of anilines is 2. The molecule has 2 aliphatic rings. The third-order valence-corrected chi connectivity index (χ3v) is 5.81. The van der Waals surface area contributed by atoms with Gasteiger partial charge < -0.3 is 10.6 Å². The number of amides is 2. The summed E-state index contributed by atoms with van der Waals surface area (Å²) in [6, 6.07) is 13.0. The van der Waals surface area contributed by atoms with Crippen LogP contribution < -0.4 is 10.6 Å². The number of nitrogens with one attached hydrogen (secondary N) is 2. The third kappa shape index (κ3) is 2.04. The van der Waals surface area contributed by atoms with Crippen LogP contribution in [0.25, 0.3) is 5.69 Å². The SMILES string of the molecule is Cc1c(Cl)cccc1-n1ncc2c1NC(=O)C[C@@]21C(=O)Nc2ccccc21. The number of hydrogen-bond donors (Lipinski definition) is 2. The monoisotopic (exact) mass is 378 g/mol. The first-order valence-corrected chi connectivity index (χ1v) is 8.95. The molecular formula is C20H15ClN4O2. The van der Waals surface area contributed by atoms with Crippen molar-refractivity contribution in [2.45, 2.75) is 18.8 Å². The molecule has 6 nitrogen and oxygen atoms in total. The maximum absolute atomic E-state index is 13.0. The molecule has 0 radical (unpaired) electrons. The molecule has 2 amide bonds. The van der Waals surface area contributed by atoms with Crippen molar-refractivity contribution in [3.63, 3.8) is 0 Å². The molecule has 7 heteroatoms. The highest BCUT2D eigenvalue weighted by Crippen LogP contribution is 2.50. The minimum absolute atomic E-state index is 0.0447. The van der Waals surface area contributed by atoms with Crippen LogP contribution in [0.1, 0.15) is 23.1 Å². The van der Waals surface area contributed by atoms with Gasteiger partial charge in [0.2, 0.25) is 11.8 Å². The Morgan fingerprint density at radius 3 is 2.74 bits per heavy atom. The van der Waals surface area contributed by atoms with Crippen molar-refractivity contribution in [3.8, 4) is 5.69 Å². The molecule has 27 heavy (non-hydrogen) atoms. The summed E-state index contributed by atoms with van der Waals surface area (Å²) in [6.07, 6.45) is 1.71. The van der Waals surface area contributed by atoms with E-state index >= 15 is 0 Å². The molecule has 2 aliphatic heterocycles. The van der Waals surface area contributed by atoms with Gasteiger partial charge in [-0.05, 0) is 36.2 Å². The smallest absolute Gasteiger partial charge is 0.240 e. The Morgan fingerprint density at radius 2 is 1.89 bits per heavy atom. The highest BCUT2D eigenvalue weighted by Gasteiger charge is 2.54. The number of carbonyl (C=O) groups excluding carboxylic acids is 2. The van der Waals surface area contributed by atoms with Crippen molar-refractivity contribution >= 4 is 34.9 Å². The van der Waals surface area contributed by atoms with E-state index in [2.05, 4.69) is 15.7 Å². The van der Waals surface area contributed by atoms with Crippen LogP contribution in [-0.4, -0.2) is 21.6 Å². The van der Waals surface area contributed by atoms with Gasteiger partial charge in [-0.3, -0.25) is 9.59 Å². The van der Waals surface area contributed by atoms with E-state index in [0.29, 0.717) is 16.4 Å². The largest absolute Gasteiger partial charge is 0.325 e. The standard InChI is InChI=1S/C20H15ClN4O2/c1-11-14(21)6-4-8-16(11)25-18-13(10-22-25)20(9-17(26)24-18)12-5-2-3-7-15(12)23-19(20)27/h2-8,10H,9H2,1H3,(H,23,27)(H,24,26)/t20-/m0/s1. The Hall–Kier alpha value is -3.12. The van der Waals surface area contributed by atoms with Crippen LogP contribution in [0.5, 0.6) is 0 Å². The number of hydrogen-bond acceptors (Lipinski definition) is 3. The average Bonchev–Trinajstić information content (AvgIpc) is 3.18. The summed E-state index contributed by atoms with van der Waals surface area (Å²) in [4.78, 5) is 25.7. The number of para-hydroxylation sites is 1. The van der Waals surface area contributed by atoms with E-state index in [-0.39, 0.29) is 18.2 Å². The van der Waals surface area contributed by atoms with Gasteiger partial charge in [-0.25, -0.2) is 4.68 Å². The van der Waals surface area contributed by atoms with Gasteiger partial charge in [-0.1, -0.05) is 35.9 Å². The van der Waals surface area contributed by atoms with Crippen LogP contribution in [0.15, 0.2) is 48.7 Å². The highest BCUT2D eigenvalue weighted by molar-refractivity contribution is 6.31. The van der Waals surface area contributed by atoms with Crippen LogP contribution in [0.2, 0.25) is 5.02 Å². The molecule has 3 heterocycles. The van der Waals surface area contributed by atoms with E-state index < -0.39 is 5.41 Å². The van der Waals surface area contributed by atoms with Crippen LogP contribution in [-0.2, 0) is 15.0 Å². The van der Waals surface area contributed by atoms with E-state index in [1.54, 1.807) is 16.9 Å². The summed E-state index contributed by atoms with van der Waals surface area (Å²) >= 11 is 6.26. The second kappa shape index (κ2) is 5.44. The maximum atomic E-state index is 13.0. The van der Waals surface area contributed by atoms with Gasteiger partial charge in [-0.15, -0.1) is 0 Å². The van der Waals surface area contributed by atoms with Crippen molar-refractivity contribution in [2.24, 2.45) is 0 Å². The molecule has 2 N–H and O–H groups in total. The van der Waals surface area contributed by atoms with Gasteiger partial charge in [0, 0.05) is 22.7 Å². The van der Waals surface area contributed by atoms with E-state index in [1.165, 1.54) is 0 Å². The number of rotatable bonds is 1. The Labute approximate surface area is 160 Å². The summed E-state index contributed by atoms with van der Waals surface area (Å²) in [5.41, 5.74) is 2.74. The van der Waals surface area contributed by atoms with Gasteiger partial charge in [-0.2, -0.15) is 5.10 Å². The molecule has 0 saturated carbocycles. The average molecular weight is 379 g/mol. The first-order chi connectivity index (χ1) is 13.0. The minimum Gasteiger partial charge on any atom is -0.325 e. The lowest BCUT2D eigenvalue weighted by Gasteiger charge is -2.31.